The van der Waals surface area contributed by atoms with Gasteiger partial charge in [-0.1, -0.05) is 6.58 Å². The molecule has 0 amide bonds. The van der Waals surface area contributed by atoms with Gasteiger partial charge in [0.2, 0.25) is 5.90 Å². The smallest absolute Gasteiger partial charge is 0.228 e. The molecule has 0 atom stereocenters. The Balaban J connectivity index is 2.05. The summed E-state index contributed by atoms with van der Waals surface area (Å²) in [7, 11) is 5.00. The second-order valence-corrected chi connectivity index (χ2v) is 6.31. The summed E-state index contributed by atoms with van der Waals surface area (Å²) in [5.41, 5.74) is 8.46. The van der Waals surface area contributed by atoms with Gasteiger partial charge in [0.1, 0.15) is 11.4 Å². The van der Waals surface area contributed by atoms with E-state index < -0.39 is 0 Å². The van der Waals surface area contributed by atoms with Crippen molar-refractivity contribution >= 4 is 28.2 Å². The molecule has 1 saturated carbocycles. The molecule has 3 N–H and O–H groups in total. The zero-order chi connectivity index (χ0) is 18.7. The summed E-state index contributed by atoms with van der Waals surface area (Å²) in [4.78, 5) is 8.69. The zero-order valence-electron chi connectivity index (χ0n) is 15.5. The number of methoxy groups -OCH3 is 2. The van der Waals surface area contributed by atoms with Gasteiger partial charge in [-0.3, -0.25) is 0 Å². The van der Waals surface area contributed by atoms with E-state index in [-0.39, 0.29) is 5.88 Å². The van der Waals surface area contributed by atoms with Crippen molar-refractivity contribution in [1.82, 2.24) is 9.55 Å². The van der Waals surface area contributed by atoms with Gasteiger partial charge in [-0.2, -0.15) is 0 Å². The van der Waals surface area contributed by atoms with Crippen LogP contribution in [-0.2, 0) is 16.5 Å². The third kappa shape index (κ3) is 3.51. The average molecular weight is 355 g/mol. The van der Waals surface area contributed by atoms with Crippen LogP contribution >= 0.6 is 0 Å². The molecule has 0 unspecified atom stereocenters. The Morgan fingerprint density at radius 1 is 1.42 bits per heavy atom. The Hall–Kier alpha value is -2.96. The lowest BCUT2D eigenvalue weighted by molar-refractivity contribution is 0.289. The number of ether oxygens (including phenoxy) is 2. The predicted octanol–water partition coefficient (Wildman–Crippen LogP) is 2.86. The third-order valence-electron chi connectivity index (χ3n) is 4.54. The highest BCUT2D eigenvalue weighted by Gasteiger charge is 2.22. The molecular formula is C19H25N5O2. The van der Waals surface area contributed by atoms with E-state index in [9.17, 15) is 0 Å². The quantitative estimate of drug-likeness (QED) is 0.453. The molecule has 1 aliphatic rings. The van der Waals surface area contributed by atoms with Crippen LogP contribution in [0.1, 0.15) is 18.5 Å². The van der Waals surface area contributed by atoms with Gasteiger partial charge in [0, 0.05) is 25.2 Å². The minimum absolute atomic E-state index is 0.221. The second kappa shape index (κ2) is 7.51. The summed E-state index contributed by atoms with van der Waals surface area (Å²) in [6.07, 6.45) is 5.87. The SMILES string of the molecule is C=CN=C(OC)/C(=C(\N)OC)c1cc2cc(NCC3CC3)ncc2n1C. The highest BCUT2D eigenvalue weighted by molar-refractivity contribution is 6.20. The van der Waals surface area contributed by atoms with Crippen molar-refractivity contribution in [3.63, 3.8) is 0 Å². The van der Waals surface area contributed by atoms with Gasteiger partial charge >= 0.3 is 0 Å². The van der Waals surface area contributed by atoms with E-state index in [0.29, 0.717) is 11.5 Å². The number of aryl methyl sites for hydroxylation is 1. The Morgan fingerprint density at radius 2 is 2.19 bits per heavy atom. The van der Waals surface area contributed by atoms with Crippen LogP contribution in [0.25, 0.3) is 16.5 Å². The molecule has 0 aliphatic heterocycles. The van der Waals surface area contributed by atoms with Crippen LogP contribution < -0.4 is 11.1 Å². The molecule has 2 aromatic rings. The van der Waals surface area contributed by atoms with E-state index in [4.69, 9.17) is 15.2 Å². The number of fused-ring (bicyclic) bond motifs is 1. The lowest BCUT2D eigenvalue weighted by Gasteiger charge is -2.13. The maximum atomic E-state index is 6.09. The first-order chi connectivity index (χ1) is 12.6. The minimum atomic E-state index is 0.221. The molecule has 1 fully saturated rings. The maximum Gasteiger partial charge on any atom is 0.228 e. The van der Waals surface area contributed by atoms with Crippen LogP contribution in [-0.4, -0.2) is 36.2 Å². The van der Waals surface area contributed by atoms with Gasteiger partial charge in [-0.05, 0) is 30.9 Å². The van der Waals surface area contributed by atoms with Gasteiger partial charge in [-0.25, -0.2) is 9.98 Å². The van der Waals surface area contributed by atoms with E-state index in [2.05, 4.69) is 21.9 Å². The largest absolute Gasteiger partial charge is 0.482 e. The molecule has 0 radical (unpaired) electrons. The molecule has 2 heterocycles. The van der Waals surface area contributed by atoms with Gasteiger partial charge in [0.05, 0.1) is 31.6 Å². The maximum absolute atomic E-state index is 6.09. The fourth-order valence-corrected chi connectivity index (χ4v) is 2.89. The van der Waals surface area contributed by atoms with Crippen molar-refractivity contribution in [1.29, 1.82) is 0 Å². The first-order valence-corrected chi connectivity index (χ1v) is 8.55. The Bertz CT molecular complexity index is 877. The molecule has 2 aromatic heterocycles. The Kier molecular flexibility index (Phi) is 5.16. The van der Waals surface area contributed by atoms with E-state index >= 15 is 0 Å². The topological polar surface area (TPSA) is 86.7 Å². The van der Waals surface area contributed by atoms with Crippen LogP contribution in [0, 0.1) is 5.92 Å². The number of anilines is 1. The molecule has 138 valence electrons. The summed E-state index contributed by atoms with van der Waals surface area (Å²) in [6.45, 7) is 4.60. The first-order valence-electron chi connectivity index (χ1n) is 8.55. The number of rotatable bonds is 7. The standard InChI is InChI=1S/C19H25N5O2/c1-5-21-19(26-4)17(18(20)25-3)14-8-13-9-16(22-10-12-6-7-12)23-11-15(13)24(14)2/h5,8-9,11-12H,1,6-7,10,20H2,2-4H3,(H,22,23)/b18-17+,21-19?. The lowest BCUT2D eigenvalue weighted by atomic mass is 10.1. The van der Waals surface area contributed by atoms with E-state index in [0.717, 1.165) is 34.9 Å². The molecule has 1 aliphatic carbocycles. The van der Waals surface area contributed by atoms with E-state index in [1.54, 1.807) is 0 Å². The predicted molar refractivity (Wildman–Crippen MR) is 105 cm³/mol. The van der Waals surface area contributed by atoms with Crippen molar-refractivity contribution in [3.05, 3.63) is 42.7 Å². The molecule has 7 heteroatoms. The van der Waals surface area contributed by atoms with Crippen LogP contribution in [0.3, 0.4) is 0 Å². The normalized spacial score (nSPS) is 15.6. The van der Waals surface area contributed by atoms with Crippen LogP contribution in [0.4, 0.5) is 5.82 Å². The van der Waals surface area contributed by atoms with Crippen molar-refractivity contribution in [2.24, 2.45) is 23.7 Å². The van der Waals surface area contributed by atoms with Crippen LogP contribution in [0.15, 0.2) is 42.0 Å². The van der Waals surface area contributed by atoms with Crippen molar-refractivity contribution in [3.8, 4) is 0 Å². The fraction of sp³-hybridized carbons (Fsp3) is 0.368. The summed E-state index contributed by atoms with van der Waals surface area (Å²) < 4.78 is 12.7. The number of aromatic nitrogens is 2. The average Bonchev–Trinajstić information content (AvgIpc) is 3.43. The number of hydrogen-bond acceptors (Lipinski definition) is 6. The Labute approximate surface area is 153 Å². The monoisotopic (exact) mass is 355 g/mol. The van der Waals surface area contributed by atoms with Gasteiger partial charge < -0.3 is 25.1 Å². The van der Waals surface area contributed by atoms with Crippen LogP contribution in [0.2, 0.25) is 0 Å². The number of nitrogens with one attached hydrogen (secondary N) is 1. The highest BCUT2D eigenvalue weighted by Crippen LogP contribution is 2.30. The van der Waals surface area contributed by atoms with Crippen LogP contribution in [0.5, 0.6) is 0 Å². The number of hydrogen-bond donors (Lipinski definition) is 2. The molecule has 0 aromatic carbocycles. The highest BCUT2D eigenvalue weighted by atomic mass is 16.5. The van der Waals surface area contributed by atoms with Gasteiger partial charge in [0.15, 0.2) is 5.88 Å². The second-order valence-electron chi connectivity index (χ2n) is 6.31. The number of nitrogens with zero attached hydrogens (tertiary/aromatic N) is 3. The summed E-state index contributed by atoms with van der Waals surface area (Å²) >= 11 is 0. The lowest BCUT2D eigenvalue weighted by Crippen LogP contribution is -2.15. The van der Waals surface area contributed by atoms with E-state index in [1.165, 1.54) is 33.3 Å². The van der Waals surface area contributed by atoms with Crippen molar-refractivity contribution in [2.45, 2.75) is 12.8 Å². The van der Waals surface area contributed by atoms with Crippen molar-refractivity contribution in [2.75, 3.05) is 26.1 Å². The molecule has 26 heavy (non-hydrogen) atoms. The number of aliphatic imine (C=N–C) groups is 1. The van der Waals surface area contributed by atoms with Gasteiger partial charge in [-0.15, -0.1) is 0 Å². The molecule has 0 bridgehead atoms. The summed E-state index contributed by atoms with van der Waals surface area (Å²) in [6, 6.07) is 4.07. The van der Waals surface area contributed by atoms with Gasteiger partial charge in [0.25, 0.3) is 0 Å². The van der Waals surface area contributed by atoms with Crippen molar-refractivity contribution < 1.29 is 9.47 Å². The number of pyridine rings is 1. The minimum Gasteiger partial charge on any atom is -0.482 e. The third-order valence-corrected chi connectivity index (χ3v) is 4.54. The number of nitrogens with two attached hydrogens (primary N) is 1. The molecule has 0 spiro atoms. The fourth-order valence-electron chi connectivity index (χ4n) is 2.89. The zero-order valence-corrected chi connectivity index (χ0v) is 15.5. The molecular weight excluding hydrogens is 330 g/mol. The molecule has 3 rings (SSSR count). The molecule has 0 saturated heterocycles. The molecule has 7 nitrogen and oxygen atoms in total. The summed E-state index contributed by atoms with van der Waals surface area (Å²) in [5, 5.41) is 4.45. The first kappa shape index (κ1) is 17.8. The van der Waals surface area contributed by atoms with E-state index in [1.807, 2.05) is 29.9 Å². The Morgan fingerprint density at radius 3 is 2.81 bits per heavy atom. The summed E-state index contributed by atoms with van der Waals surface area (Å²) in [5.74, 6) is 2.22.